The second-order valence-electron chi connectivity index (χ2n) is 7.91. The van der Waals surface area contributed by atoms with Gasteiger partial charge in [-0.05, 0) is 53.7 Å². The number of nitrogens with zero attached hydrogens (tertiary/aromatic N) is 4. The van der Waals surface area contributed by atoms with E-state index in [9.17, 15) is 14.5 Å². The lowest BCUT2D eigenvalue weighted by molar-refractivity contribution is -0.138. The highest BCUT2D eigenvalue weighted by atomic mass is 79.9. The number of ether oxygens (including phenoxy) is 1. The molecule has 0 saturated heterocycles. The summed E-state index contributed by atoms with van der Waals surface area (Å²) in [6.45, 7) is 1.48. The van der Waals surface area contributed by atoms with E-state index in [1.165, 1.54) is 14.0 Å². The molecule has 0 bridgehead atoms. The molecule has 2 unspecified atom stereocenters. The van der Waals surface area contributed by atoms with Crippen molar-refractivity contribution in [3.05, 3.63) is 35.1 Å². The van der Waals surface area contributed by atoms with E-state index in [1.807, 2.05) is 4.57 Å². The number of hydrogen-bond acceptors (Lipinski definition) is 9. The van der Waals surface area contributed by atoms with Gasteiger partial charge in [-0.3, -0.25) is 9.32 Å². The second kappa shape index (κ2) is 9.87. The van der Waals surface area contributed by atoms with Crippen molar-refractivity contribution in [2.45, 2.75) is 31.8 Å². The summed E-state index contributed by atoms with van der Waals surface area (Å²) in [5, 5.41) is 11.7. The molecule has 0 spiro atoms. The van der Waals surface area contributed by atoms with Crippen LogP contribution in [0, 0.1) is 5.92 Å². The van der Waals surface area contributed by atoms with Crippen LogP contribution < -0.4 is 20.1 Å². The number of rotatable bonds is 10. The summed E-state index contributed by atoms with van der Waals surface area (Å²) < 4.78 is 32.4. The van der Waals surface area contributed by atoms with Crippen LogP contribution >= 0.6 is 23.7 Å². The topological polar surface area (TPSA) is 164 Å². The quantitative estimate of drug-likeness (QED) is 0.314. The zero-order valence-electron chi connectivity index (χ0n) is 18.4. The zero-order valence-corrected chi connectivity index (χ0v) is 20.9. The van der Waals surface area contributed by atoms with Gasteiger partial charge in [0.2, 0.25) is 11.8 Å². The molecule has 1 saturated carbocycles. The number of nitrogens with one attached hydrogen (secondary N) is 1. The second-order valence-corrected chi connectivity index (χ2v) is 10.5. The molecule has 2 aromatic heterocycles. The van der Waals surface area contributed by atoms with Crippen LogP contribution in [0.2, 0.25) is 0 Å². The number of benzene rings is 1. The molecule has 1 aromatic carbocycles. The van der Waals surface area contributed by atoms with Gasteiger partial charge >= 0.3 is 13.7 Å². The monoisotopic (exact) mass is 554 g/mol. The van der Waals surface area contributed by atoms with Crippen LogP contribution in [0.4, 0.5) is 5.95 Å². The average molecular weight is 555 g/mol. The van der Waals surface area contributed by atoms with E-state index in [2.05, 4.69) is 36.0 Å². The summed E-state index contributed by atoms with van der Waals surface area (Å²) in [4.78, 5) is 24.0. The van der Waals surface area contributed by atoms with Gasteiger partial charge in [0.25, 0.3) is 0 Å². The Hall–Kier alpha value is -2.73. The first kappa shape index (κ1) is 24.4. The van der Waals surface area contributed by atoms with E-state index < -0.39 is 19.8 Å². The molecule has 182 valence electrons. The normalized spacial score (nSPS) is 20.3. The Bertz CT molecular complexity index is 1250. The number of nitrogen functional groups attached to an aromatic ring is 1. The van der Waals surface area contributed by atoms with E-state index in [0.717, 1.165) is 0 Å². The van der Waals surface area contributed by atoms with Crippen molar-refractivity contribution in [1.29, 1.82) is 0 Å². The average Bonchev–Trinajstić information content (AvgIpc) is 3.17. The molecule has 3 aromatic rings. The van der Waals surface area contributed by atoms with Gasteiger partial charge in [0.15, 0.2) is 11.2 Å². The molecule has 0 radical (unpaired) electrons. The van der Waals surface area contributed by atoms with Crippen LogP contribution in [-0.4, -0.2) is 50.4 Å². The number of carboxylic acids is 1. The van der Waals surface area contributed by atoms with Crippen molar-refractivity contribution >= 4 is 46.8 Å². The lowest BCUT2D eigenvalue weighted by Crippen LogP contribution is -2.35. The number of halogens is 1. The lowest BCUT2D eigenvalue weighted by atomic mass is 9.81. The number of carboxylic acid groups (broad SMARTS) is 1. The molecule has 1 fully saturated rings. The molecule has 4 rings (SSSR count). The number of anilines is 1. The number of aliphatic carboxylic acids is 1. The number of fused-ring (bicyclic) bond motifs is 1. The molecule has 1 aliphatic rings. The van der Waals surface area contributed by atoms with Gasteiger partial charge < -0.3 is 24.7 Å². The van der Waals surface area contributed by atoms with Gasteiger partial charge in [0.05, 0.1) is 24.5 Å². The van der Waals surface area contributed by atoms with Crippen LogP contribution in [-0.2, 0) is 13.9 Å². The van der Waals surface area contributed by atoms with Crippen LogP contribution in [0.25, 0.3) is 11.2 Å². The van der Waals surface area contributed by atoms with Crippen LogP contribution in [0.5, 0.6) is 11.6 Å². The molecule has 1 aliphatic carbocycles. The maximum atomic E-state index is 13.4. The standard InChI is InChI=1S/C20H24BrN6O6P/c1-11(19(28)29)26-34(30,33-15-6-4-3-5-14(15)21)32-9-12-7-13(8-12)27-10-23-16-17(27)24-20(22)25-18(16)31-2/h3-6,10-13H,7-9H2,1-2H3,(H,26,30)(H,28,29)(H2,22,24,25)/t11?,12-,13+,34?. The first-order valence-corrected chi connectivity index (χ1v) is 12.8. The molecule has 0 aliphatic heterocycles. The number of methoxy groups -OCH3 is 1. The maximum absolute atomic E-state index is 13.4. The van der Waals surface area contributed by atoms with Crippen LogP contribution in [0.1, 0.15) is 25.8 Å². The summed E-state index contributed by atoms with van der Waals surface area (Å²) in [5.41, 5.74) is 6.89. The summed E-state index contributed by atoms with van der Waals surface area (Å²) in [7, 11) is -2.49. The highest BCUT2D eigenvalue weighted by Crippen LogP contribution is 2.49. The smallest absolute Gasteiger partial charge is 0.459 e. The predicted octanol–water partition coefficient (Wildman–Crippen LogP) is 3.40. The molecule has 14 heteroatoms. The Morgan fingerprint density at radius 2 is 2.12 bits per heavy atom. The van der Waals surface area contributed by atoms with Gasteiger partial charge in [0, 0.05) is 6.04 Å². The van der Waals surface area contributed by atoms with Gasteiger partial charge in [-0.25, -0.2) is 9.55 Å². The summed E-state index contributed by atoms with van der Waals surface area (Å²) in [5.74, 6) is -0.426. The van der Waals surface area contributed by atoms with Crippen molar-refractivity contribution in [3.8, 4) is 11.6 Å². The SMILES string of the molecule is COc1nc(N)nc2c1ncn2[C@H]1C[C@@H](COP(=O)(NC(C)C(=O)O)Oc2ccccc2Br)C1. The van der Waals surface area contributed by atoms with Crippen LogP contribution in [0.15, 0.2) is 35.1 Å². The molecular formula is C20H24BrN6O6P. The third kappa shape index (κ3) is 5.17. The fraction of sp³-hybridized carbons (Fsp3) is 0.400. The van der Waals surface area contributed by atoms with Crippen LogP contribution in [0.3, 0.4) is 0 Å². The summed E-state index contributed by atoms with van der Waals surface area (Å²) in [6, 6.07) is 5.77. The van der Waals surface area contributed by atoms with E-state index >= 15 is 0 Å². The minimum absolute atomic E-state index is 0.0709. The Morgan fingerprint density at radius 1 is 1.38 bits per heavy atom. The van der Waals surface area contributed by atoms with Crippen molar-refractivity contribution in [2.24, 2.45) is 5.92 Å². The highest BCUT2D eigenvalue weighted by molar-refractivity contribution is 9.10. The Morgan fingerprint density at radius 3 is 2.79 bits per heavy atom. The Labute approximate surface area is 203 Å². The minimum Gasteiger partial charge on any atom is -0.480 e. The molecule has 34 heavy (non-hydrogen) atoms. The Balaban J connectivity index is 1.43. The van der Waals surface area contributed by atoms with E-state index in [1.54, 1.807) is 30.6 Å². The number of para-hydroxylation sites is 1. The number of aromatic nitrogens is 4. The molecule has 2 atom stereocenters. The fourth-order valence-electron chi connectivity index (χ4n) is 3.61. The molecule has 2 heterocycles. The molecule has 12 nitrogen and oxygen atoms in total. The van der Waals surface area contributed by atoms with Gasteiger partial charge in [-0.1, -0.05) is 12.1 Å². The van der Waals surface area contributed by atoms with Crippen molar-refractivity contribution in [1.82, 2.24) is 24.6 Å². The number of carbonyl (C=O) groups is 1. The first-order valence-electron chi connectivity index (χ1n) is 10.4. The predicted molar refractivity (Wildman–Crippen MR) is 127 cm³/mol. The summed E-state index contributed by atoms with van der Waals surface area (Å²) >= 11 is 3.33. The molecule has 4 N–H and O–H groups in total. The zero-order chi connectivity index (χ0) is 24.5. The largest absolute Gasteiger partial charge is 0.480 e. The third-order valence-corrected chi connectivity index (χ3v) is 7.75. The highest BCUT2D eigenvalue weighted by Gasteiger charge is 2.37. The maximum Gasteiger partial charge on any atom is 0.459 e. The van der Waals surface area contributed by atoms with Crippen molar-refractivity contribution in [2.75, 3.05) is 19.5 Å². The fourth-order valence-corrected chi connectivity index (χ4v) is 5.69. The van der Waals surface area contributed by atoms with E-state index in [4.69, 9.17) is 19.5 Å². The third-order valence-electron chi connectivity index (χ3n) is 5.46. The van der Waals surface area contributed by atoms with Gasteiger partial charge in [-0.2, -0.15) is 15.1 Å². The van der Waals surface area contributed by atoms with Gasteiger partial charge in [-0.15, -0.1) is 0 Å². The number of hydrogen-bond donors (Lipinski definition) is 3. The number of nitrogens with two attached hydrogens (primary N) is 1. The van der Waals surface area contributed by atoms with Gasteiger partial charge in [0.1, 0.15) is 11.8 Å². The Kier molecular flexibility index (Phi) is 7.08. The summed E-state index contributed by atoms with van der Waals surface area (Å²) in [6.07, 6.45) is 3.09. The lowest BCUT2D eigenvalue weighted by Gasteiger charge is -2.36. The first-order chi connectivity index (χ1) is 16.2. The van der Waals surface area contributed by atoms with E-state index in [0.29, 0.717) is 34.4 Å². The minimum atomic E-state index is -3.98. The van der Waals surface area contributed by atoms with Crippen molar-refractivity contribution < 1.29 is 28.3 Å². The molecule has 0 amide bonds. The van der Waals surface area contributed by atoms with E-state index in [-0.39, 0.29) is 30.3 Å². The van der Waals surface area contributed by atoms with Crippen molar-refractivity contribution in [3.63, 3.8) is 0 Å². The number of imidazole rings is 1. The molecular weight excluding hydrogens is 531 g/mol.